The van der Waals surface area contributed by atoms with Crippen LogP contribution in [0.5, 0.6) is 0 Å². The predicted molar refractivity (Wildman–Crippen MR) is 167 cm³/mol. The maximum Gasteiger partial charge on any atom is 0.417 e. The monoisotopic (exact) mass is 710 g/mol. The number of aryl methyl sites for hydroxylation is 1. The summed E-state index contributed by atoms with van der Waals surface area (Å²) < 4.78 is 116. The van der Waals surface area contributed by atoms with E-state index in [1.54, 1.807) is 0 Å². The highest BCUT2D eigenvalue weighted by molar-refractivity contribution is 5.99. The van der Waals surface area contributed by atoms with E-state index in [9.17, 15) is 45.8 Å². The van der Waals surface area contributed by atoms with Crippen LogP contribution in [0.25, 0.3) is 22.0 Å². The number of pyridine rings is 2. The highest BCUT2D eigenvalue weighted by atomic mass is 19.4. The lowest BCUT2D eigenvalue weighted by molar-refractivity contribution is -0.149. The van der Waals surface area contributed by atoms with Crippen LogP contribution in [0, 0.1) is 18.6 Å². The van der Waals surface area contributed by atoms with Gasteiger partial charge in [0.2, 0.25) is 0 Å². The zero-order valence-corrected chi connectivity index (χ0v) is 26.8. The lowest BCUT2D eigenvalue weighted by atomic mass is 9.93. The van der Waals surface area contributed by atoms with Gasteiger partial charge >= 0.3 is 18.3 Å². The number of carbonyl (C=O) groups excluding carboxylic acids is 1. The fourth-order valence-electron chi connectivity index (χ4n) is 6.42. The number of benzene rings is 2. The quantitative estimate of drug-likeness (QED) is 0.197. The molecule has 0 bridgehead atoms. The Hall–Kier alpha value is -5.02. The van der Waals surface area contributed by atoms with Crippen LogP contribution in [0.2, 0.25) is 0 Å². The fourth-order valence-corrected chi connectivity index (χ4v) is 6.42. The van der Waals surface area contributed by atoms with Crippen molar-refractivity contribution in [1.82, 2.24) is 14.9 Å². The molecule has 2 N–H and O–H groups in total. The molecule has 0 saturated carbocycles. The number of anilines is 1. The molecule has 0 saturated heterocycles. The van der Waals surface area contributed by atoms with Crippen LogP contribution in [-0.2, 0) is 30.9 Å². The van der Waals surface area contributed by atoms with Gasteiger partial charge in [0.05, 0.1) is 16.6 Å². The molecular formula is C34H30F8N4O4. The summed E-state index contributed by atoms with van der Waals surface area (Å²) in [6.45, 7) is 2.49. The van der Waals surface area contributed by atoms with Gasteiger partial charge in [0.25, 0.3) is 11.5 Å². The largest absolute Gasteiger partial charge is 0.480 e. The van der Waals surface area contributed by atoms with E-state index in [0.29, 0.717) is 6.07 Å². The summed E-state index contributed by atoms with van der Waals surface area (Å²) in [5, 5.41) is 12.2. The average Bonchev–Trinajstić information content (AvgIpc) is 3.03. The normalized spacial score (nSPS) is 14.7. The van der Waals surface area contributed by atoms with Crippen molar-refractivity contribution in [2.24, 2.45) is 7.05 Å². The third-order valence-electron chi connectivity index (χ3n) is 8.93. The van der Waals surface area contributed by atoms with Crippen molar-refractivity contribution in [3.05, 3.63) is 92.5 Å². The molecule has 1 aliphatic rings. The first-order valence-electron chi connectivity index (χ1n) is 15.4. The second kappa shape index (κ2) is 13.4. The molecule has 16 heteroatoms. The van der Waals surface area contributed by atoms with Gasteiger partial charge in [0, 0.05) is 54.1 Å². The Balaban J connectivity index is 1.52. The molecule has 1 amide bonds. The van der Waals surface area contributed by atoms with E-state index in [1.165, 1.54) is 51.4 Å². The number of rotatable bonds is 8. The summed E-state index contributed by atoms with van der Waals surface area (Å²) in [4.78, 5) is 43.7. The minimum absolute atomic E-state index is 0.0515. The van der Waals surface area contributed by atoms with Crippen LogP contribution in [0.3, 0.4) is 0 Å². The molecule has 2 aromatic heterocycles. The van der Waals surface area contributed by atoms with Crippen LogP contribution in [0.1, 0.15) is 52.5 Å². The summed E-state index contributed by atoms with van der Waals surface area (Å²) in [5.41, 5.74) is -4.72. The van der Waals surface area contributed by atoms with Gasteiger partial charge in [-0.15, -0.1) is 0 Å². The van der Waals surface area contributed by atoms with Gasteiger partial charge in [0.15, 0.2) is 0 Å². The second-order valence-electron chi connectivity index (χ2n) is 12.0. The highest BCUT2D eigenvalue weighted by Gasteiger charge is 2.44. The van der Waals surface area contributed by atoms with E-state index in [2.05, 4.69) is 10.3 Å². The van der Waals surface area contributed by atoms with E-state index >= 15 is 8.78 Å². The fraction of sp³-hybridized carbons (Fsp3) is 0.353. The van der Waals surface area contributed by atoms with Gasteiger partial charge in [-0.05, 0) is 49.9 Å². The van der Waals surface area contributed by atoms with Crippen LogP contribution in [0.4, 0.5) is 40.8 Å². The minimum atomic E-state index is -4.92. The maximum absolute atomic E-state index is 15.7. The number of halogens is 8. The molecular weight excluding hydrogens is 680 g/mol. The molecule has 2 aromatic carbocycles. The molecule has 3 heterocycles. The molecule has 4 aromatic rings. The van der Waals surface area contributed by atoms with Crippen molar-refractivity contribution in [3.8, 4) is 11.1 Å². The van der Waals surface area contributed by atoms with Crippen LogP contribution < -0.4 is 15.8 Å². The Morgan fingerprint density at radius 2 is 1.78 bits per heavy atom. The van der Waals surface area contributed by atoms with Gasteiger partial charge in [0.1, 0.15) is 29.3 Å². The van der Waals surface area contributed by atoms with Crippen molar-refractivity contribution in [1.29, 1.82) is 0 Å². The summed E-state index contributed by atoms with van der Waals surface area (Å²) in [6.07, 6.45) is -9.30. The average molecular weight is 711 g/mol. The predicted octanol–water partition coefficient (Wildman–Crippen LogP) is 6.73. The van der Waals surface area contributed by atoms with Crippen LogP contribution >= 0.6 is 0 Å². The van der Waals surface area contributed by atoms with Crippen molar-refractivity contribution >= 4 is 28.5 Å². The zero-order chi connectivity index (χ0) is 36.9. The molecule has 50 heavy (non-hydrogen) atoms. The van der Waals surface area contributed by atoms with E-state index in [1.807, 2.05) is 0 Å². The van der Waals surface area contributed by atoms with E-state index in [-0.39, 0.29) is 58.4 Å². The standard InChI is InChI=1S/C34H30F8N4O4/c1-4-25(34(40,41)42)46-12-6-8-19-24(46)15-22(35)27(28(19)36)30(47)44-23(32(49)50)14-17-9-10-20(29-18(17)7-5-11-43-29)26-21(33(37,38)39)13-16(2)45(3)31(26)48/h5,7,9-11,13,15,23,25H,4,6,8,12,14H2,1-3H3,(H,44,47)(H,49,50)/t23-,25+/m0/s1. The van der Waals surface area contributed by atoms with Crippen LogP contribution in [0.15, 0.2) is 47.4 Å². The molecule has 5 rings (SSSR count). The van der Waals surface area contributed by atoms with Crippen molar-refractivity contribution < 1.29 is 49.8 Å². The Morgan fingerprint density at radius 1 is 1.08 bits per heavy atom. The van der Waals surface area contributed by atoms with E-state index in [0.717, 1.165) is 15.5 Å². The Labute approximate surface area is 279 Å². The Bertz CT molecular complexity index is 2060. The van der Waals surface area contributed by atoms with Crippen molar-refractivity contribution in [2.75, 3.05) is 11.4 Å². The lowest BCUT2D eigenvalue weighted by Gasteiger charge is -2.38. The number of carboxylic acids is 1. The zero-order valence-electron chi connectivity index (χ0n) is 26.8. The molecule has 0 fully saturated rings. The number of nitrogens with zero attached hydrogens (tertiary/aromatic N) is 3. The number of alkyl halides is 6. The summed E-state index contributed by atoms with van der Waals surface area (Å²) in [7, 11) is 1.31. The molecule has 0 radical (unpaired) electrons. The molecule has 266 valence electrons. The minimum Gasteiger partial charge on any atom is -0.480 e. The first-order valence-corrected chi connectivity index (χ1v) is 15.4. The molecule has 0 spiro atoms. The molecule has 0 unspecified atom stereocenters. The molecule has 8 nitrogen and oxygen atoms in total. The summed E-state index contributed by atoms with van der Waals surface area (Å²) in [5.74, 6) is -6.02. The SMILES string of the molecule is CC[C@@H](N1CCCc2c1cc(F)c(C(=O)N[C@@H](Cc1ccc(-c3c(C(F)(F)F)cc(C)n(C)c3=O)c3ncccc13)C(=O)O)c2F)C(F)(F)F. The van der Waals surface area contributed by atoms with Crippen molar-refractivity contribution in [3.63, 3.8) is 0 Å². The number of amides is 1. The third-order valence-corrected chi connectivity index (χ3v) is 8.93. The van der Waals surface area contributed by atoms with Crippen molar-refractivity contribution in [2.45, 2.75) is 64.0 Å². The first-order chi connectivity index (χ1) is 23.4. The highest BCUT2D eigenvalue weighted by Crippen LogP contribution is 2.40. The number of aliphatic carboxylic acids is 1. The van der Waals surface area contributed by atoms with Gasteiger partial charge in [-0.1, -0.05) is 25.1 Å². The van der Waals surface area contributed by atoms with E-state index < -0.39 is 83.0 Å². The number of nitrogens with one attached hydrogen (secondary N) is 1. The van der Waals surface area contributed by atoms with Gasteiger partial charge in [-0.25, -0.2) is 13.6 Å². The van der Waals surface area contributed by atoms with E-state index in [4.69, 9.17) is 0 Å². The second-order valence-corrected chi connectivity index (χ2v) is 12.0. The number of hydrogen-bond acceptors (Lipinski definition) is 5. The number of carboxylic acid groups (broad SMARTS) is 1. The van der Waals surface area contributed by atoms with Crippen LogP contribution in [-0.4, -0.2) is 51.3 Å². The molecule has 0 aliphatic carbocycles. The van der Waals surface area contributed by atoms with Gasteiger partial charge in [-0.3, -0.25) is 14.6 Å². The van der Waals surface area contributed by atoms with Gasteiger partial charge in [-0.2, -0.15) is 26.3 Å². The lowest BCUT2D eigenvalue weighted by Crippen LogP contribution is -2.48. The third kappa shape index (κ3) is 6.62. The van der Waals surface area contributed by atoms with Gasteiger partial charge < -0.3 is 19.9 Å². The first kappa shape index (κ1) is 36.3. The number of aromatic nitrogens is 2. The molecule has 2 atom stereocenters. The maximum atomic E-state index is 15.7. The molecule has 1 aliphatic heterocycles. The topological polar surface area (TPSA) is 105 Å². The number of hydrogen-bond donors (Lipinski definition) is 2. The Morgan fingerprint density at radius 3 is 2.40 bits per heavy atom. The summed E-state index contributed by atoms with van der Waals surface area (Å²) >= 11 is 0. The number of carbonyl (C=O) groups is 2. The number of fused-ring (bicyclic) bond motifs is 2. The summed E-state index contributed by atoms with van der Waals surface area (Å²) in [6, 6.07) is 2.88. The Kier molecular flexibility index (Phi) is 9.69. The smallest absolute Gasteiger partial charge is 0.417 e.